The second-order valence-corrected chi connectivity index (χ2v) is 5.82. The fourth-order valence-corrected chi connectivity index (χ4v) is 2.33. The summed E-state index contributed by atoms with van der Waals surface area (Å²) >= 11 is 6.79. The topological polar surface area (TPSA) is 67.8 Å². The van der Waals surface area contributed by atoms with Gasteiger partial charge in [-0.1, -0.05) is 33.2 Å². The molecule has 6 heteroatoms. The Morgan fingerprint density at radius 2 is 1.85 bits per heavy atom. The number of amidine groups is 1. The van der Waals surface area contributed by atoms with Crippen LogP contribution >= 0.6 is 31.9 Å². The van der Waals surface area contributed by atoms with E-state index in [-0.39, 0.29) is 5.84 Å². The first kappa shape index (κ1) is 14.9. The number of oxime groups is 1. The van der Waals surface area contributed by atoms with E-state index < -0.39 is 0 Å². The van der Waals surface area contributed by atoms with Gasteiger partial charge in [0.15, 0.2) is 5.84 Å². The Morgan fingerprint density at radius 3 is 2.45 bits per heavy atom. The van der Waals surface area contributed by atoms with E-state index in [1.807, 2.05) is 24.3 Å². The lowest BCUT2D eigenvalue weighted by Crippen LogP contribution is -2.12. The molecule has 4 nitrogen and oxygen atoms in total. The molecule has 0 aromatic heterocycles. The van der Waals surface area contributed by atoms with Gasteiger partial charge in [-0.25, -0.2) is 0 Å². The Kier molecular flexibility index (Phi) is 5.03. The Morgan fingerprint density at radius 1 is 1.15 bits per heavy atom. The van der Waals surface area contributed by atoms with Gasteiger partial charge in [-0.15, -0.1) is 0 Å². The lowest BCUT2D eigenvalue weighted by atomic mass is 10.2. The molecular formula is C14H12Br2N2O2. The summed E-state index contributed by atoms with van der Waals surface area (Å²) < 4.78 is 7.51. The number of rotatable bonds is 4. The molecule has 20 heavy (non-hydrogen) atoms. The zero-order valence-electron chi connectivity index (χ0n) is 10.4. The summed E-state index contributed by atoms with van der Waals surface area (Å²) in [4.78, 5) is 0. The van der Waals surface area contributed by atoms with Gasteiger partial charge in [0.1, 0.15) is 12.4 Å². The van der Waals surface area contributed by atoms with E-state index in [0.717, 1.165) is 14.5 Å². The molecule has 0 aliphatic heterocycles. The molecule has 2 aromatic rings. The van der Waals surface area contributed by atoms with Crippen molar-refractivity contribution in [2.75, 3.05) is 0 Å². The molecule has 2 rings (SSSR count). The second-order valence-electron chi connectivity index (χ2n) is 4.05. The first-order chi connectivity index (χ1) is 9.60. The third-order valence-electron chi connectivity index (χ3n) is 2.64. The average Bonchev–Trinajstić information content (AvgIpc) is 2.46. The molecule has 0 saturated carbocycles. The van der Waals surface area contributed by atoms with Gasteiger partial charge in [0, 0.05) is 10.0 Å². The maximum Gasteiger partial charge on any atom is 0.170 e. The standard InChI is InChI=1S/C14H12Br2N2O2/c15-11-4-1-9(2-5-11)8-20-13-6-3-10(7-12(13)16)14(17)18-19/h1-7,19H,8H2,(H2,17,18). The van der Waals surface area contributed by atoms with Crippen LogP contribution in [0, 0.1) is 0 Å². The van der Waals surface area contributed by atoms with Crippen molar-refractivity contribution in [3.63, 3.8) is 0 Å². The predicted octanol–water partition coefficient (Wildman–Crippen LogP) is 3.89. The van der Waals surface area contributed by atoms with E-state index in [9.17, 15) is 0 Å². The molecule has 0 unspecified atom stereocenters. The quantitative estimate of drug-likeness (QED) is 0.354. The second kappa shape index (κ2) is 6.76. The number of ether oxygens (including phenoxy) is 1. The lowest BCUT2D eigenvalue weighted by molar-refractivity contribution is 0.304. The first-order valence-electron chi connectivity index (χ1n) is 5.75. The number of hydrogen-bond donors (Lipinski definition) is 2. The first-order valence-corrected chi connectivity index (χ1v) is 7.33. The molecule has 0 spiro atoms. The maximum absolute atomic E-state index is 8.64. The van der Waals surface area contributed by atoms with Gasteiger partial charge >= 0.3 is 0 Å². The molecular weight excluding hydrogens is 388 g/mol. The summed E-state index contributed by atoms with van der Waals surface area (Å²) in [6, 6.07) is 13.2. The highest BCUT2D eigenvalue weighted by Gasteiger charge is 2.06. The summed E-state index contributed by atoms with van der Waals surface area (Å²) in [6.45, 7) is 0.467. The van der Waals surface area contributed by atoms with Crippen LogP contribution in [0.25, 0.3) is 0 Å². The molecule has 0 bridgehead atoms. The van der Waals surface area contributed by atoms with Gasteiger partial charge in [0.05, 0.1) is 4.47 Å². The van der Waals surface area contributed by atoms with Crippen molar-refractivity contribution < 1.29 is 9.94 Å². The molecule has 0 aliphatic rings. The van der Waals surface area contributed by atoms with Crippen molar-refractivity contribution in [1.29, 1.82) is 0 Å². The van der Waals surface area contributed by atoms with Gasteiger partial charge in [-0.2, -0.15) is 0 Å². The van der Waals surface area contributed by atoms with Crippen LogP contribution in [-0.2, 0) is 6.61 Å². The van der Waals surface area contributed by atoms with Crippen molar-refractivity contribution >= 4 is 37.7 Å². The average molecular weight is 400 g/mol. The third-order valence-corrected chi connectivity index (χ3v) is 3.79. The minimum atomic E-state index is 0.0603. The van der Waals surface area contributed by atoms with Crippen LogP contribution in [-0.4, -0.2) is 11.0 Å². The lowest BCUT2D eigenvalue weighted by Gasteiger charge is -2.09. The van der Waals surface area contributed by atoms with Crippen LogP contribution in [0.1, 0.15) is 11.1 Å². The van der Waals surface area contributed by atoms with Gasteiger partial charge in [-0.05, 0) is 51.8 Å². The van der Waals surface area contributed by atoms with E-state index in [0.29, 0.717) is 17.9 Å². The smallest absolute Gasteiger partial charge is 0.170 e. The normalized spacial score (nSPS) is 11.4. The van der Waals surface area contributed by atoms with Crippen LogP contribution < -0.4 is 10.5 Å². The fourth-order valence-electron chi connectivity index (χ4n) is 1.58. The van der Waals surface area contributed by atoms with Gasteiger partial charge in [0.2, 0.25) is 0 Å². The third kappa shape index (κ3) is 3.74. The number of nitrogens with zero attached hydrogens (tertiary/aromatic N) is 1. The van der Waals surface area contributed by atoms with E-state index in [1.54, 1.807) is 18.2 Å². The van der Waals surface area contributed by atoms with Gasteiger partial charge in [0.25, 0.3) is 0 Å². The molecule has 0 fully saturated rings. The number of nitrogens with two attached hydrogens (primary N) is 1. The molecule has 0 saturated heterocycles. The molecule has 3 N–H and O–H groups in total. The van der Waals surface area contributed by atoms with E-state index in [2.05, 4.69) is 37.0 Å². The van der Waals surface area contributed by atoms with Crippen molar-refractivity contribution in [2.45, 2.75) is 6.61 Å². The van der Waals surface area contributed by atoms with E-state index in [4.69, 9.17) is 15.7 Å². The van der Waals surface area contributed by atoms with Crippen LogP contribution in [0.15, 0.2) is 56.6 Å². The van der Waals surface area contributed by atoms with Crippen LogP contribution in [0.2, 0.25) is 0 Å². The molecule has 2 aromatic carbocycles. The van der Waals surface area contributed by atoms with Gasteiger partial charge < -0.3 is 15.7 Å². The highest BCUT2D eigenvalue weighted by Crippen LogP contribution is 2.27. The predicted molar refractivity (Wildman–Crippen MR) is 85.1 cm³/mol. The Balaban J connectivity index is 2.08. The summed E-state index contributed by atoms with van der Waals surface area (Å²) in [5.74, 6) is 0.757. The Labute approximate surface area is 133 Å². The monoisotopic (exact) mass is 398 g/mol. The zero-order chi connectivity index (χ0) is 14.5. The molecule has 0 heterocycles. The summed E-state index contributed by atoms with van der Waals surface area (Å²) in [7, 11) is 0. The number of halogens is 2. The van der Waals surface area contributed by atoms with Crippen molar-refractivity contribution in [2.24, 2.45) is 10.9 Å². The molecule has 0 atom stereocenters. The number of benzene rings is 2. The highest BCUT2D eigenvalue weighted by molar-refractivity contribution is 9.10. The Hall–Kier alpha value is -1.53. The molecule has 104 valence electrons. The SMILES string of the molecule is N/C(=N/O)c1ccc(OCc2ccc(Br)cc2)c(Br)c1. The maximum atomic E-state index is 8.64. The Bertz CT molecular complexity index is 628. The van der Waals surface area contributed by atoms with Crippen molar-refractivity contribution in [3.05, 3.63) is 62.5 Å². The van der Waals surface area contributed by atoms with E-state index in [1.165, 1.54) is 0 Å². The molecule has 0 amide bonds. The molecule has 0 aliphatic carbocycles. The van der Waals surface area contributed by atoms with Crippen LogP contribution in [0.5, 0.6) is 5.75 Å². The fraction of sp³-hybridized carbons (Fsp3) is 0.0714. The number of hydrogen-bond acceptors (Lipinski definition) is 3. The summed E-state index contributed by atoms with van der Waals surface area (Å²) in [5.41, 5.74) is 7.22. The molecule has 0 radical (unpaired) electrons. The van der Waals surface area contributed by atoms with Crippen molar-refractivity contribution in [1.82, 2.24) is 0 Å². The highest BCUT2D eigenvalue weighted by atomic mass is 79.9. The van der Waals surface area contributed by atoms with Crippen molar-refractivity contribution in [3.8, 4) is 5.75 Å². The minimum absolute atomic E-state index is 0.0603. The van der Waals surface area contributed by atoms with E-state index >= 15 is 0 Å². The van der Waals surface area contributed by atoms with Gasteiger partial charge in [-0.3, -0.25) is 0 Å². The van der Waals surface area contributed by atoms with Crippen LogP contribution in [0.4, 0.5) is 0 Å². The summed E-state index contributed by atoms with van der Waals surface area (Å²) in [5, 5.41) is 11.6. The zero-order valence-corrected chi connectivity index (χ0v) is 13.6. The minimum Gasteiger partial charge on any atom is -0.488 e. The van der Waals surface area contributed by atoms with Crippen LogP contribution in [0.3, 0.4) is 0 Å². The largest absolute Gasteiger partial charge is 0.488 e. The summed E-state index contributed by atoms with van der Waals surface area (Å²) in [6.07, 6.45) is 0.